The van der Waals surface area contributed by atoms with E-state index in [0.717, 1.165) is 32.5 Å². The van der Waals surface area contributed by atoms with Crippen molar-refractivity contribution >= 4 is 0 Å². The first kappa shape index (κ1) is 10.6. The van der Waals surface area contributed by atoms with Gasteiger partial charge in [0, 0.05) is 25.9 Å². The second-order valence-corrected chi connectivity index (χ2v) is 4.35. The third-order valence-electron chi connectivity index (χ3n) is 3.10. The van der Waals surface area contributed by atoms with Crippen molar-refractivity contribution in [1.82, 2.24) is 9.78 Å². The summed E-state index contributed by atoms with van der Waals surface area (Å²) in [6, 6.07) is 0.271. The Morgan fingerprint density at radius 3 is 3.20 bits per heavy atom. The molecule has 2 rings (SSSR count). The maximum atomic E-state index is 6.13. The van der Waals surface area contributed by atoms with Gasteiger partial charge in [0.05, 0.1) is 12.8 Å². The Balaban J connectivity index is 1.77. The Labute approximate surface area is 90.4 Å². The van der Waals surface area contributed by atoms with Crippen LogP contribution in [-0.4, -0.2) is 29.0 Å². The molecule has 4 heteroatoms. The predicted molar refractivity (Wildman–Crippen MR) is 58.4 cm³/mol. The zero-order valence-corrected chi connectivity index (χ0v) is 9.22. The summed E-state index contributed by atoms with van der Waals surface area (Å²) in [4.78, 5) is 0. The molecule has 84 valence electrons. The van der Waals surface area contributed by atoms with Crippen LogP contribution in [0.5, 0.6) is 0 Å². The van der Waals surface area contributed by atoms with Gasteiger partial charge >= 0.3 is 0 Å². The van der Waals surface area contributed by atoms with Crippen molar-refractivity contribution in [3.63, 3.8) is 0 Å². The van der Waals surface area contributed by atoms with Crippen LogP contribution in [0.3, 0.4) is 0 Å². The molecule has 0 saturated carbocycles. The molecular formula is C11H19N3O. The molecule has 4 nitrogen and oxygen atoms in total. The summed E-state index contributed by atoms with van der Waals surface area (Å²) in [6.07, 6.45) is 7.13. The molecule has 1 fully saturated rings. The van der Waals surface area contributed by atoms with E-state index in [1.165, 1.54) is 5.56 Å². The van der Waals surface area contributed by atoms with Crippen molar-refractivity contribution in [3.8, 4) is 0 Å². The highest BCUT2D eigenvalue weighted by molar-refractivity contribution is 5.04. The second-order valence-electron chi connectivity index (χ2n) is 4.35. The van der Waals surface area contributed by atoms with Crippen LogP contribution in [0.2, 0.25) is 0 Å². The number of nitrogens with zero attached hydrogens (tertiary/aromatic N) is 2. The van der Waals surface area contributed by atoms with E-state index in [-0.39, 0.29) is 6.04 Å². The lowest BCUT2D eigenvalue weighted by Crippen LogP contribution is -2.30. The summed E-state index contributed by atoms with van der Waals surface area (Å²) in [5.41, 5.74) is 7.40. The number of rotatable bonds is 4. The minimum atomic E-state index is 0.271. The minimum Gasteiger partial charge on any atom is -0.381 e. The average Bonchev–Trinajstić information content (AvgIpc) is 2.84. The van der Waals surface area contributed by atoms with Gasteiger partial charge < -0.3 is 10.5 Å². The van der Waals surface area contributed by atoms with Gasteiger partial charge in [0.15, 0.2) is 0 Å². The SMILES string of the molecule is Cn1cc(CCC(N)C2CCOC2)cn1. The molecule has 1 aliphatic heterocycles. The fourth-order valence-corrected chi connectivity index (χ4v) is 2.06. The van der Waals surface area contributed by atoms with Crippen molar-refractivity contribution in [3.05, 3.63) is 18.0 Å². The number of aromatic nitrogens is 2. The molecule has 15 heavy (non-hydrogen) atoms. The van der Waals surface area contributed by atoms with Gasteiger partial charge in [-0.15, -0.1) is 0 Å². The van der Waals surface area contributed by atoms with Gasteiger partial charge in [-0.2, -0.15) is 5.10 Å². The Kier molecular flexibility index (Phi) is 3.38. The number of aryl methyl sites for hydroxylation is 2. The van der Waals surface area contributed by atoms with E-state index in [9.17, 15) is 0 Å². The molecule has 1 aliphatic rings. The fraction of sp³-hybridized carbons (Fsp3) is 0.727. The smallest absolute Gasteiger partial charge is 0.0521 e. The third kappa shape index (κ3) is 2.79. The van der Waals surface area contributed by atoms with Crippen molar-refractivity contribution in [2.45, 2.75) is 25.3 Å². The molecular weight excluding hydrogens is 190 g/mol. The zero-order chi connectivity index (χ0) is 10.7. The van der Waals surface area contributed by atoms with Crippen LogP contribution in [0.25, 0.3) is 0 Å². The zero-order valence-electron chi connectivity index (χ0n) is 9.22. The van der Waals surface area contributed by atoms with Crippen LogP contribution in [0, 0.1) is 5.92 Å². The van der Waals surface area contributed by atoms with Crippen LogP contribution in [-0.2, 0) is 18.2 Å². The first-order valence-electron chi connectivity index (χ1n) is 5.56. The van der Waals surface area contributed by atoms with Gasteiger partial charge in [0.25, 0.3) is 0 Å². The molecule has 2 heterocycles. The van der Waals surface area contributed by atoms with Gasteiger partial charge in [-0.1, -0.05) is 0 Å². The van der Waals surface area contributed by atoms with Crippen molar-refractivity contribution in [2.24, 2.45) is 18.7 Å². The Hall–Kier alpha value is -0.870. The number of hydrogen-bond donors (Lipinski definition) is 1. The monoisotopic (exact) mass is 209 g/mol. The Morgan fingerprint density at radius 2 is 2.60 bits per heavy atom. The fourth-order valence-electron chi connectivity index (χ4n) is 2.06. The van der Waals surface area contributed by atoms with E-state index in [4.69, 9.17) is 10.5 Å². The maximum absolute atomic E-state index is 6.13. The molecule has 0 radical (unpaired) electrons. The first-order valence-corrected chi connectivity index (χ1v) is 5.56. The average molecular weight is 209 g/mol. The summed E-state index contributed by atoms with van der Waals surface area (Å²) >= 11 is 0. The molecule has 1 saturated heterocycles. The second kappa shape index (κ2) is 4.77. The van der Waals surface area contributed by atoms with Gasteiger partial charge in [-0.25, -0.2) is 0 Å². The molecule has 2 atom stereocenters. The van der Waals surface area contributed by atoms with Crippen LogP contribution < -0.4 is 5.73 Å². The van der Waals surface area contributed by atoms with Gasteiger partial charge in [0.1, 0.15) is 0 Å². The molecule has 0 aromatic carbocycles. The van der Waals surface area contributed by atoms with E-state index in [0.29, 0.717) is 5.92 Å². The summed E-state index contributed by atoms with van der Waals surface area (Å²) in [5, 5.41) is 4.14. The highest BCUT2D eigenvalue weighted by Crippen LogP contribution is 2.18. The van der Waals surface area contributed by atoms with Gasteiger partial charge in [-0.05, 0) is 30.7 Å². The Bertz CT molecular complexity index is 305. The number of ether oxygens (including phenoxy) is 1. The number of nitrogens with two attached hydrogens (primary N) is 1. The normalized spacial score (nSPS) is 23.2. The quantitative estimate of drug-likeness (QED) is 0.795. The van der Waals surface area contributed by atoms with Gasteiger partial charge in [0.2, 0.25) is 0 Å². The van der Waals surface area contributed by atoms with Crippen LogP contribution >= 0.6 is 0 Å². The lowest BCUT2D eigenvalue weighted by molar-refractivity contribution is 0.180. The molecule has 0 bridgehead atoms. The minimum absolute atomic E-state index is 0.271. The first-order chi connectivity index (χ1) is 7.25. The molecule has 0 aliphatic carbocycles. The molecule has 0 amide bonds. The molecule has 2 unspecified atom stereocenters. The third-order valence-corrected chi connectivity index (χ3v) is 3.10. The summed E-state index contributed by atoms with van der Waals surface area (Å²) in [6.45, 7) is 1.72. The molecule has 1 aromatic rings. The Morgan fingerprint density at radius 1 is 1.73 bits per heavy atom. The molecule has 2 N–H and O–H groups in total. The van der Waals surface area contributed by atoms with Crippen molar-refractivity contribution in [2.75, 3.05) is 13.2 Å². The molecule has 1 aromatic heterocycles. The van der Waals surface area contributed by atoms with E-state index < -0.39 is 0 Å². The van der Waals surface area contributed by atoms with Crippen LogP contribution in [0.1, 0.15) is 18.4 Å². The molecule has 0 spiro atoms. The topological polar surface area (TPSA) is 53.1 Å². The van der Waals surface area contributed by atoms with Crippen LogP contribution in [0.4, 0.5) is 0 Å². The van der Waals surface area contributed by atoms with Gasteiger partial charge in [-0.3, -0.25) is 4.68 Å². The van der Waals surface area contributed by atoms with E-state index in [1.54, 1.807) is 0 Å². The van der Waals surface area contributed by atoms with E-state index in [1.807, 2.05) is 17.9 Å². The van der Waals surface area contributed by atoms with Crippen LogP contribution in [0.15, 0.2) is 12.4 Å². The lowest BCUT2D eigenvalue weighted by atomic mass is 9.95. The predicted octanol–water partition coefficient (Wildman–Crippen LogP) is 0.716. The van der Waals surface area contributed by atoms with E-state index >= 15 is 0 Å². The standard InChI is InChI=1S/C11H19N3O/c1-14-7-9(6-13-14)2-3-11(12)10-4-5-15-8-10/h6-7,10-11H,2-5,8,12H2,1H3. The summed E-state index contributed by atoms with van der Waals surface area (Å²) in [5.74, 6) is 0.557. The summed E-state index contributed by atoms with van der Waals surface area (Å²) < 4.78 is 7.17. The summed E-state index contributed by atoms with van der Waals surface area (Å²) in [7, 11) is 1.94. The highest BCUT2D eigenvalue weighted by atomic mass is 16.5. The number of hydrogen-bond acceptors (Lipinski definition) is 3. The highest BCUT2D eigenvalue weighted by Gasteiger charge is 2.22. The van der Waals surface area contributed by atoms with E-state index in [2.05, 4.69) is 11.3 Å². The maximum Gasteiger partial charge on any atom is 0.0521 e. The van der Waals surface area contributed by atoms with Crippen molar-refractivity contribution < 1.29 is 4.74 Å². The largest absolute Gasteiger partial charge is 0.381 e. The lowest BCUT2D eigenvalue weighted by Gasteiger charge is -2.16. The van der Waals surface area contributed by atoms with Crippen molar-refractivity contribution in [1.29, 1.82) is 0 Å².